The van der Waals surface area contributed by atoms with Crippen molar-refractivity contribution in [1.29, 1.82) is 0 Å². The van der Waals surface area contributed by atoms with Gasteiger partial charge in [0.25, 0.3) is 5.91 Å². The fraction of sp³-hybridized carbons (Fsp3) is 0.353. The molecule has 1 aromatic heterocycles. The van der Waals surface area contributed by atoms with Crippen LogP contribution >= 0.6 is 0 Å². The van der Waals surface area contributed by atoms with Gasteiger partial charge in [0.1, 0.15) is 11.6 Å². The summed E-state index contributed by atoms with van der Waals surface area (Å²) in [5.41, 5.74) is 2.48. The van der Waals surface area contributed by atoms with Gasteiger partial charge in [0.2, 0.25) is 0 Å². The van der Waals surface area contributed by atoms with Crippen molar-refractivity contribution in [1.82, 2.24) is 25.9 Å². The van der Waals surface area contributed by atoms with E-state index in [4.69, 9.17) is 0 Å². The quantitative estimate of drug-likeness (QED) is 0.621. The lowest BCUT2D eigenvalue weighted by Gasteiger charge is -2.25. The Labute approximate surface area is 144 Å². The highest BCUT2D eigenvalue weighted by Crippen LogP contribution is 2.14. The highest BCUT2D eigenvalue weighted by Gasteiger charge is 2.26. The molecule has 0 aliphatic carbocycles. The van der Waals surface area contributed by atoms with E-state index in [2.05, 4.69) is 25.9 Å². The van der Waals surface area contributed by atoms with Crippen molar-refractivity contribution in [2.75, 3.05) is 6.54 Å². The maximum atomic E-state index is 13.2. The Morgan fingerprint density at radius 3 is 2.96 bits per heavy atom. The first-order valence-electron chi connectivity index (χ1n) is 8.14. The number of aryl methyl sites for hydroxylation is 1. The summed E-state index contributed by atoms with van der Waals surface area (Å²) in [4.78, 5) is 31.1. The van der Waals surface area contributed by atoms with Crippen LogP contribution in [0.5, 0.6) is 0 Å². The number of benzene rings is 1. The van der Waals surface area contributed by atoms with E-state index >= 15 is 0 Å². The Hall–Kier alpha value is -2.90. The molecule has 1 aliphatic heterocycles. The minimum Gasteiger partial charge on any atom is -0.352 e. The van der Waals surface area contributed by atoms with Gasteiger partial charge in [0.05, 0.1) is 22.6 Å². The number of rotatable bonds is 5. The number of urea groups is 1. The van der Waals surface area contributed by atoms with E-state index in [0.717, 1.165) is 11.3 Å². The number of nitrogens with one attached hydrogen (secondary N) is 4. The number of allylic oxidation sites excluding steroid dienone is 1. The molecule has 2 heterocycles. The highest BCUT2D eigenvalue weighted by molar-refractivity contribution is 5.98. The Morgan fingerprint density at radius 2 is 2.20 bits per heavy atom. The van der Waals surface area contributed by atoms with Crippen molar-refractivity contribution in [3.05, 3.63) is 41.1 Å². The van der Waals surface area contributed by atoms with Gasteiger partial charge < -0.3 is 20.9 Å². The van der Waals surface area contributed by atoms with Crippen molar-refractivity contribution in [3.63, 3.8) is 0 Å². The number of halogens is 1. The van der Waals surface area contributed by atoms with Crippen LogP contribution in [0.25, 0.3) is 11.0 Å². The third kappa shape index (κ3) is 3.78. The van der Waals surface area contributed by atoms with Gasteiger partial charge in [-0.1, -0.05) is 0 Å². The Morgan fingerprint density at radius 1 is 1.40 bits per heavy atom. The Balaban J connectivity index is 1.53. The fourth-order valence-corrected chi connectivity index (χ4v) is 2.94. The summed E-state index contributed by atoms with van der Waals surface area (Å²) in [6, 6.07) is 3.78. The molecule has 2 aromatic rings. The summed E-state index contributed by atoms with van der Waals surface area (Å²) >= 11 is 0. The predicted molar refractivity (Wildman–Crippen MR) is 91.2 cm³/mol. The van der Waals surface area contributed by atoms with Crippen molar-refractivity contribution in [3.8, 4) is 0 Å². The molecule has 1 atom stereocenters. The summed E-state index contributed by atoms with van der Waals surface area (Å²) in [5, 5.41) is 8.11. The minimum atomic E-state index is -0.334. The normalized spacial score (nSPS) is 17.4. The molecule has 3 amide bonds. The van der Waals surface area contributed by atoms with E-state index in [0.29, 0.717) is 36.2 Å². The molecular formula is C17H20FN5O2. The van der Waals surface area contributed by atoms with Crippen LogP contribution in [0.2, 0.25) is 0 Å². The molecule has 0 saturated heterocycles. The van der Waals surface area contributed by atoms with Crippen LogP contribution in [0.3, 0.4) is 0 Å². The van der Waals surface area contributed by atoms with Crippen molar-refractivity contribution in [2.45, 2.75) is 32.7 Å². The zero-order valence-electron chi connectivity index (χ0n) is 14.1. The van der Waals surface area contributed by atoms with Crippen LogP contribution in [0.15, 0.2) is 29.5 Å². The monoisotopic (exact) mass is 345 g/mol. The van der Waals surface area contributed by atoms with Gasteiger partial charge in [-0.2, -0.15) is 0 Å². The summed E-state index contributed by atoms with van der Waals surface area (Å²) in [7, 11) is 0. The molecule has 0 fully saturated rings. The smallest absolute Gasteiger partial charge is 0.319 e. The molecular weight excluding hydrogens is 325 g/mol. The number of fused-ring (bicyclic) bond motifs is 1. The van der Waals surface area contributed by atoms with Crippen LogP contribution in [0.1, 0.15) is 26.1 Å². The number of hydrogen-bond donors (Lipinski definition) is 4. The lowest BCUT2D eigenvalue weighted by Crippen LogP contribution is -2.50. The van der Waals surface area contributed by atoms with Gasteiger partial charge in [-0.05, 0) is 38.5 Å². The maximum absolute atomic E-state index is 13.2. The Bertz CT molecular complexity index is 858. The van der Waals surface area contributed by atoms with E-state index in [1.54, 1.807) is 19.9 Å². The first kappa shape index (κ1) is 16.9. The largest absolute Gasteiger partial charge is 0.352 e. The maximum Gasteiger partial charge on any atom is 0.319 e. The van der Waals surface area contributed by atoms with Crippen molar-refractivity contribution in [2.24, 2.45) is 0 Å². The van der Waals surface area contributed by atoms with Crippen molar-refractivity contribution < 1.29 is 14.0 Å². The van der Waals surface area contributed by atoms with E-state index in [9.17, 15) is 14.0 Å². The second-order valence-corrected chi connectivity index (χ2v) is 6.06. The van der Waals surface area contributed by atoms with Crippen LogP contribution in [0, 0.1) is 5.82 Å². The summed E-state index contributed by atoms with van der Waals surface area (Å²) in [5.74, 6) is 0.246. The molecule has 0 saturated carbocycles. The number of aromatic nitrogens is 2. The molecule has 1 aliphatic rings. The number of hydrogen-bond acceptors (Lipinski definition) is 3. The third-order valence-electron chi connectivity index (χ3n) is 4.10. The first-order valence-corrected chi connectivity index (χ1v) is 8.14. The summed E-state index contributed by atoms with van der Waals surface area (Å²) in [6.45, 7) is 3.95. The van der Waals surface area contributed by atoms with Crippen LogP contribution < -0.4 is 16.0 Å². The van der Waals surface area contributed by atoms with E-state index in [1.165, 1.54) is 12.1 Å². The van der Waals surface area contributed by atoms with Gasteiger partial charge in [-0.15, -0.1) is 0 Å². The number of H-pyrrole nitrogens is 1. The lowest BCUT2D eigenvalue weighted by molar-refractivity contribution is -0.117. The average molecular weight is 345 g/mol. The molecule has 25 heavy (non-hydrogen) atoms. The number of amides is 3. The van der Waals surface area contributed by atoms with Gasteiger partial charge >= 0.3 is 6.03 Å². The second kappa shape index (κ2) is 6.92. The molecule has 0 radical (unpaired) electrons. The third-order valence-corrected chi connectivity index (χ3v) is 4.10. The summed E-state index contributed by atoms with van der Waals surface area (Å²) < 4.78 is 13.2. The van der Waals surface area contributed by atoms with Crippen LogP contribution in [-0.2, 0) is 11.2 Å². The number of nitrogens with zero attached hydrogens (tertiary/aromatic N) is 1. The van der Waals surface area contributed by atoms with E-state index < -0.39 is 0 Å². The van der Waals surface area contributed by atoms with Gasteiger partial charge in [-0.25, -0.2) is 14.2 Å². The molecule has 4 N–H and O–H groups in total. The zero-order chi connectivity index (χ0) is 18.0. The second-order valence-electron chi connectivity index (χ2n) is 6.06. The van der Waals surface area contributed by atoms with Gasteiger partial charge in [0.15, 0.2) is 0 Å². The van der Waals surface area contributed by atoms with Crippen LogP contribution in [-0.4, -0.2) is 34.5 Å². The van der Waals surface area contributed by atoms with Crippen molar-refractivity contribution >= 4 is 23.0 Å². The average Bonchev–Trinajstić information content (AvgIpc) is 2.92. The summed E-state index contributed by atoms with van der Waals surface area (Å²) in [6.07, 6.45) is 1.33. The number of carbonyl (C=O) groups excluding carboxylic acids is 2. The molecule has 8 heteroatoms. The molecule has 1 aromatic carbocycles. The molecule has 3 rings (SSSR count). The number of aromatic amines is 1. The zero-order valence-corrected chi connectivity index (χ0v) is 14.1. The molecule has 0 bridgehead atoms. The standard InChI is InChI=1S/C17H20FN5O2/c1-9-15(10(2)21-17(25)20-9)16(24)19-7-3-4-14-22-12-6-5-11(18)8-13(12)23-14/h5-6,8-9H,3-4,7H2,1-2H3,(H,19,24)(H,22,23)(H2,20,21,25)/t9-/m0/s1. The molecule has 132 valence electrons. The fourth-order valence-electron chi connectivity index (χ4n) is 2.94. The lowest BCUT2D eigenvalue weighted by atomic mass is 10.0. The number of carbonyl (C=O) groups is 2. The topological polar surface area (TPSA) is 98.9 Å². The van der Waals surface area contributed by atoms with Gasteiger partial charge in [-0.3, -0.25) is 4.79 Å². The van der Waals surface area contributed by atoms with Gasteiger partial charge in [0, 0.05) is 18.7 Å². The Kier molecular flexibility index (Phi) is 4.69. The number of imidazole rings is 1. The molecule has 0 spiro atoms. The van der Waals surface area contributed by atoms with E-state index in [1.807, 2.05) is 0 Å². The molecule has 7 nitrogen and oxygen atoms in total. The first-order chi connectivity index (χ1) is 11.9. The molecule has 0 unspecified atom stereocenters. The highest BCUT2D eigenvalue weighted by atomic mass is 19.1. The predicted octanol–water partition coefficient (Wildman–Crippen LogP) is 1.73. The van der Waals surface area contributed by atoms with E-state index in [-0.39, 0.29) is 23.8 Å². The van der Waals surface area contributed by atoms with Crippen LogP contribution in [0.4, 0.5) is 9.18 Å². The minimum absolute atomic E-state index is 0.204. The SMILES string of the molecule is CC1=C(C(=O)NCCCc2nc3ccc(F)cc3[nH]2)[C@H](C)NC(=O)N1.